The summed E-state index contributed by atoms with van der Waals surface area (Å²) in [5.74, 6) is -1.11. The van der Waals surface area contributed by atoms with Crippen molar-refractivity contribution < 1.29 is 18.3 Å². The molecule has 1 fully saturated rings. The predicted molar refractivity (Wildman–Crippen MR) is 106 cm³/mol. The zero-order valence-electron chi connectivity index (χ0n) is 16.1. The Bertz CT molecular complexity index is 1040. The van der Waals surface area contributed by atoms with Crippen molar-refractivity contribution in [2.45, 2.75) is 18.8 Å². The molecule has 4 rings (SSSR count). The summed E-state index contributed by atoms with van der Waals surface area (Å²) in [7, 11) is 0. The number of pyridine rings is 1. The third-order valence-electron chi connectivity index (χ3n) is 5.11. The van der Waals surface area contributed by atoms with Crippen molar-refractivity contribution in [2.24, 2.45) is 0 Å². The number of H-pyrrole nitrogens is 1. The monoisotopic (exact) mass is 413 g/mol. The number of nitrogens with two attached hydrogens (primary N) is 1. The van der Waals surface area contributed by atoms with Gasteiger partial charge in [-0.2, -0.15) is 5.10 Å². The van der Waals surface area contributed by atoms with E-state index in [4.69, 9.17) is 10.5 Å². The molecule has 156 valence electrons. The molecule has 1 aliphatic heterocycles. The molecule has 3 heterocycles. The number of nitrogens with zero attached hydrogens (tertiary/aromatic N) is 3. The number of hydrogen-bond acceptors (Lipinski definition) is 5. The Morgan fingerprint density at radius 3 is 2.87 bits per heavy atom. The van der Waals surface area contributed by atoms with E-state index in [1.165, 1.54) is 12.3 Å². The summed E-state index contributed by atoms with van der Waals surface area (Å²) in [6, 6.07) is 8.69. The van der Waals surface area contributed by atoms with Crippen molar-refractivity contribution in [2.75, 3.05) is 25.4 Å². The highest BCUT2D eigenvalue weighted by molar-refractivity contribution is 5.94. The maximum atomic E-state index is 13.2. The lowest BCUT2D eigenvalue weighted by atomic mass is 10.0. The Morgan fingerprint density at radius 2 is 2.10 bits per heavy atom. The smallest absolute Gasteiger partial charge is 0.255 e. The number of amides is 1. The molecule has 9 heteroatoms. The van der Waals surface area contributed by atoms with Gasteiger partial charge in [0.25, 0.3) is 5.91 Å². The lowest BCUT2D eigenvalue weighted by Gasteiger charge is -2.16. The van der Waals surface area contributed by atoms with Gasteiger partial charge >= 0.3 is 0 Å². The minimum atomic E-state index is -0.939. The molecule has 0 spiro atoms. The molecule has 0 bridgehead atoms. The SMILES string of the molecule is Nc1ccc(C(=O)N2CC[C@H](c3cc(CCOc4ccc(F)c(F)c4)[nH]n3)C2)cn1. The van der Waals surface area contributed by atoms with Crippen molar-refractivity contribution in [1.82, 2.24) is 20.1 Å². The Labute approximate surface area is 171 Å². The van der Waals surface area contributed by atoms with E-state index in [2.05, 4.69) is 15.2 Å². The van der Waals surface area contributed by atoms with Crippen LogP contribution in [0.25, 0.3) is 0 Å². The number of rotatable bonds is 6. The highest BCUT2D eigenvalue weighted by atomic mass is 19.2. The first-order chi connectivity index (χ1) is 14.5. The number of nitrogens with one attached hydrogen (secondary N) is 1. The van der Waals surface area contributed by atoms with Gasteiger partial charge in [0.05, 0.1) is 17.9 Å². The van der Waals surface area contributed by atoms with Gasteiger partial charge < -0.3 is 15.4 Å². The topological polar surface area (TPSA) is 97.1 Å². The Balaban J connectivity index is 1.30. The molecule has 1 aromatic carbocycles. The number of aromatic amines is 1. The van der Waals surface area contributed by atoms with Crippen LogP contribution in [0.2, 0.25) is 0 Å². The summed E-state index contributed by atoms with van der Waals surface area (Å²) in [6.07, 6.45) is 2.85. The zero-order valence-corrected chi connectivity index (χ0v) is 16.1. The van der Waals surface area contributed by atoms with E-state index in [0.29, 0.717) is 37.5 Å². The summed E-state index contributed by atoms with van der Waals surface area (Å²) >= 11 is 0. The van der Waals surface area contributed by atoms with Gasteiger partial charge in [0.15, 0.2) is 11.6 Å². The molecule has 0 unspecified atom stereocenters. The van der Waals surface area contributed by atoms with E-state index < -0.39 is 11.6 Å². The van der Waals surface area contributed by atoms with Crippen LogP contribution >= 0.6 is 0 Å². The van der Waals surface area contributed by atoms with Crippen molar-refractivity contribution in [3.05, 3.63) is 71.2 Å². The maximum Gasteiger partial charge on any atom is 0.255 e. The third-order valence-corrected chi connectivity index (χ3v) is 5.11. The summed E-state index contributed by atoms with van der Waals surface area (Å²) < 4.78 is 31.6. The van der Waals surface area contributed by atoms with Gasteiger partial charge in [0.2, 0.25) is 0 Å². The second-order valence-electron chi connectivity index (χ2n) is 7.20. The molecule has 0 saturated carbocycles. The number of ether oxygens (including phenoxy) is 1. The largest absolute Gasteiger partial charge is 0.493 e. The molecular weight excluding hydrogens is 392 g/mol. The van der Waals surface area contributed by atoms with Crippen molar-refractivity contribution >= 4 is 11.7 Å². The highest BCUT2D eigenvalue weighted by Crippen LogP contribution is 2.27. The average Bonchev–Trinajstić information content (AvgIpc) is 3.40. The Hall–Kier alpha value is -3.49. The summed E-state index contributed by atoms with van der Waals surface area (Å²) in [5, 5.41) is 7.35. The van der Waals surface area contributed by atoms with Crippen molar-refractivity contribution in [3.8, 4) is 5.75 Å². The lowest BCUT2D eigenvalue weighted by molar-refractivity contribution is 0.0790. The molecule has 1 atom stereocenters. The lowest BCUT2D eigenvalue weighted by Crippen LogP contribution is -2.28. The van der Waals surface area contributed by atoms with Crippen LogP contribution in [0.4, 0.5) is 14.6 Å². The molecule has 2 aromatic heterocycles. The number of halogens is 2. The number of benzene rings is 1. The van der Waals surface area contributed by atoms with E-state index in [0.717, 1.165) is 29.9 Å². The van der Waals surface area contributed by atoms with Gasteiger partial charge in [0, 0.05) is 43.4 Å². The molecule has 30 heavy (non-hydrogen) atoms. The van der Waals surface area contributed by atoms with Crippen LogP contribution in [0.3, 0.4) is 0 Å². The van der Waals surface area contributed by atoms with Crippen molar-refractivity contribution in [3.63, 3.8) is 0 Å². The molecule has 0 radical (unpaired) electrons. The number of aromatic nitrogens is 3. The fraction of sp³-hybridized carbons (Fsp3) is 0.286. The van der Waals surface area contributed by atoms with Gasteiger partial charge in [-0.1, -0.05) is 0 Å². The van der Waals surface area contributed by atoms with Crippen LogP contribution in [-0.4, -0.2) is 45.7 Å². The zero-order chi connectivity index (χ0) is 21.1. The van der Waals surface area contributed by atoms with Gasteiger partial charge in [-0.15, -0.1) is 0 Å². The van der Waals surface area contributed by atoms with E-state index in [9.17, 15) is 13.6 Å². The first-order valence-corrected chi connectivity index (χ1v) is 9.62. The normalized spacial score (nSPS) is 16.1. The number of nitrogen functional groups attached to an aromatic ring is 1. The average molecular weight is 413 g/mol. The minimum absolute atomic E-state index is 0.0688. The predicted octanol–water partition coefficient (Wildman–Crippen LogP) is 2.92. The second kappa shape index (κ2) is 8.48. The standard InChI is InChI=1S/C21H21F2N5O2/c22-17-3-2-16(10-18(17)23)30-8-6-15-9-19(27-26-15)14-5-7-28(12-14)21(29)13-1-4-20(24)25-11-13/h1-4,9-11,14H,5-8,12H2,(H2,24,25)(H,26,27)/t14-/m0/s1. The fourth-order valence-electron chi connectivity index (χ4n) is 3.46. The molecule has 3 aromatic rings. The second-order valence-corrected chi connectivity index (χ2v) is 7.20. The van der Waals surface area contributed by atoms with E-state index in [1.807, 2.05) is 6.07 Å². The summed E-state index contributed by atoms with van der Waals surface area (Å²) in [5.41, 5.74) is 7.86. The number of carbonyl (C=O) groups excluding carboxylic acids is 1. The first kappa shape index (κ1) is 19.8. The van der Waals surface area contributed by atoms with Crippen molar-refractivity contribution in [1.29, 1.82) is 0 Å². The molecule has 1 saturated heterocycles. The van der Waals surface area contributed by atoms with Crippen LogP contribution in [0.1, 0.15) is 34.1 Å². The Kier molecular flexibility index (Phi) is 5.60. The van der Waals surface area contributed by atoms with Crippen LogP contribution in [0, 0.1) is 11.6 Å². The van der Waals surface area contributed by atoms with E-state index >= 15 is 0 Å². The third kappa shape index (κ3) is 4.40. The van der Waals surface area contributed by atoms with E-state index in [1.54, 1.807) is 17.0 Å². The van der Waals surface area contributed by atoms with Crippen LogP contribution in [0.15, 0.2) is 42.6 Å². The van der Waals surface area contributed by atoms with Crippen LogP contribution < -0.4 is 10.5 Å². The number of likely N-dealkylation sites (tertiary alicyclic amines) is 1. The molecule has 7 nitrogen and oxygen atoms in total. The van der Waals surface area contributed by atoms with Gasteiger partial charge in [-0.3, -0.25) is 9.89 Å². The van der Waals surface area contributed by atoms with Gasteiger partial charge in [0.1, 0.15) is 11.6 Å². The first-order valence-electron chi connectivity index (χ1n) is 9.62. The minimum Gasteiger partial charge on any atom is -0.493 e. The molecular formula is C21H21F2N5O2. The van der Waals surface area contributed by atoms with Gasteiger partial charge in [-0.05, 0) is 36.8 Å². The summed E-state index contributed by atoms with van der Waals surface area (Å²) in [4.78, 5) is 18.4. The van der Waals surface area contributed by atoms with E-state index in [-0.39, 0.29) is 17.6 Å². The summed E-state index contributed by atoms with van der Waals surface area (Å²) in [6.45, 7) is 1.53. The fourth-order valence-corrected chi connectivity index (χ4v) is 3.46. The quantitative estimate of drug-likeness (QED) is 0.648. The number of hydrogen-bond donors (Lipinski definition) is 2. The number of anilines is 1. The highest BCUT2D eigenvalue weighted by Gasteiger charge is 2.29. The van der Waals surface area contributed by atoms with Crippen LogP contribution in [0.5, 0.6) is 5.75 Å². The molecule has 1 aliphatic rings. The molecule has 3 N–H and O–H groups in total. The number of carbonyl (C=O) groups is 1. The molecule has 1 amide bonds. The van der Waals surface area contributed by atoms with Crippen LogP contribution in [-0.2, 0) is 6.42 Å². The van der Waals surface area contributed by atoms with Gasteiger partial charge in [-0.25, -0.2) is 13.8 Å². The Morgan fingerprint density at radius 1 is 1.23 bits per heavy atom. The molecule has 0 aliphatic carbocycles. The maximum absolute atomic E-state index is 13.2.